The van der Waals surface area contributed by atoms with Gasteiger partial charge in [-0.15, -0.1) is 0 Å². The highest BCUT2D eigenvalue weighted by Gasteiger charge is 2.77. The second-order valence-corrected chi connectivity index (χ2v) is 8.79. The van der Waals surface area contributed by atoms with E-state index in [0.717, 1.165) is 37.0 Å². The van der Waals surface area contributed by atoms with Crippen molar-refractivity contribution >= 4 is 22.8 Å². The maximum atomic E-state index is 12.8. The molecule has 154 valence electrons. The Labute approximate surface area is 169 Å². The third-order valence-corrected chi connectivity index (χ3v) is 7.16. The summed E-state index contributed by atoms with van der Waals surface area (Å²) in [6.07, 6.45) is 4.72. The van der Waals surface area contributed by atoms with Crippen molar-refractivity contribution in [2.24, 2.45) is 12.5 Å². The molecule has 0 unspecified atom stereocenters. The molecule has 1 spiro atoms. The topological polar surface area (TPSA) is 97.3 Å². The average molecular weight is 397 g/mol. The zero-order valence-electron chi connectivity index (χ0n) is 16.9. The molecule has 1 aliphatic carbocycles. The Bertz CT molecular complexity index is 985. The zero-order valence-corrected chi connectivity index (χ0v) is 16.9. The summed E-state index contributed by atoms with van der Waals surface area (Å²) in [5.74, 6) is -0.0707. The van der Waals surface area contributed by atoms with Crippen LogP contribution in [-0.4, -0.2) is 59.2 Å². The van der Waals surface area contributed by atoms with Gasteiger partial charge in [0.2, 0.25) is 5.91 Å². The molecule has 29 heavy (non-hydrogen) atoms. The van der Waals surface area contributed by atoms with Crippen molar-refractivity contribution in [3.05, 3.63) is 30.1 Å². The Morgan fingerprint density at radius 3 is 2.76 bits per heavy atom. The molecule has 0 atom stereocenters. The summed E-state index contributed by atoms with van der Waals surface area (Å²) in [5.41, 5.74) is 1.03. The van der Waals surface area contributed by atoms with E-state index in [9.17, 15) is 9.59 Å². The Morgan fingerprint density at radius 2 is 2.03 bits per heavy atom. The molecule has 3 saturated heterocycles. The highest BCUT2D eigenvalue weighted by Crippen LogP contribution is 2.68. The fraction of sp³-hybridized carbons (Fsp3) is 0.571. The Balaban J connectivity index is 1.32. The summed E-state index contributed by atoms with van der Waals surface area (Å²) in [6.45, 7) is 2.12. The van der Waals surface area contributed by atoms with Crippen LogP contribution < -0.4 is 16.0 Å². The number of piperidine rings is 1. The summed E-state index contributed by atoms with van der Waals surface area (Å²) in [4.78, 5) is 29.8. The number of aryl methyl sites for hydroxylation is 1. The molecule has 1 aromatic heterocycles. The molecule has 8 heteroatoms. The van der Waals surface area contributed by atoms with Crippen LogP contribution in [0.25, 0.3) is 11.0 Å². The second kappa shape index (κ2) is 6.27. The molecule has 2 bridgehead atoms. The van der Waals surface area contributed by atoms with E-state index in [1.54, 1.807) is 13.4 Å². The number of benzene rings is 1. The number of aromatic nitrogens is 2. The zero-order chi connectivity index (χ0) is 20.3. The van der Waals surface area contributed by atoms with Crippen LogP contribution in [0.5, 0.6) is 0 Å². The highest BCUT2D eigenvalue weighted by molar-refractivity contribution is 5.97. The van der Waals surface area contributed by atoms with Crippen LogP contribution in [0.2, 0.25) is 0 Å². The van der Waals surface area contributed by atoms with Gasteiger partial charge in [0.15, 0.2) is 0 Å². The molecular formula is C21H27N5O3. The predicted octanol–water partition coefficient (Wildman–Crippen LogP) is 0.721. The quantitative estimate of drug-likeness (QED) is 0.706. The Hall–Kier alpha value is -2.45. The van der Waals surface area contributed by atoms with Crippen LogP contribution in [0.15, 0.2) is 24.5 Å². The summed E-state index contributed by atoms with van der Waals surface area (Å²) in [6, 6.07) is 5.53. The van der Waals surface area contributed by atoms with E-state index in [-0.39, 0.29) is 11.8 Å². The van der Waals surface area contributed by atoms with Gasteiger partial charge in [0.1, 0.15) is 0 Å². The second-order valence-electron chi connectivity index (χ2n) is 8.79. The number of ether oxygens (including phenoxy) is 1. The third-order valence-electron chi connectivity index (χ3n) is 7.16. The lowest BCUT2D eigenvalue weighted by Crippen LogP contribution is -2.61. The number of rotatable bonds is 4. The van der Waals surface area contributed by atoms with Gasteiger partial charge in [0.05, 0.1) is 34.0 Å². The lowest BCUT2D eigenvalue weighted by Gasteiger charge is -2.47. The fourth-order valence-corrected chi connectivity index (χ4v) is 5.75. The molecule has 3 aliphatic heterocycles. The smallest absolute Gasteiger partial charge is 0.251 e. The number of amides is 2. The van der Waals surface area contributed by atoms with E-state index in [4.69, 9.17) is 4.74 Å². The Kier molecular flexibility index (Phi) is 4.02. The van der Waals surface area contributed by atoms with E-state index in [1.165, 1.54) is 0 Å². The normalized spacial score (nSPS) is 29.6. The van der Waals surface area contributed by atoms with Gasteiger partial charge in [-0.25, -0.2) is 4.98 Å². The number of hydrogen-bond acceptors (Lipinski definition) is 5. The SMILES string of the molecule is CNC(=O)C12CC(CNC(=O)c3ccc4c(c3)ncn4C)(C1)OC21CCNCC1. The van der Waals surface area contributed by atoms with Crippen LogP contribution in [0, 0.1) is 5.41 Å². The van der Waals surface area contributed by atoms with E-state index in [1.807, 2.05) is 29.8 Å². The average Bonchev–Trinajstić information content (AvgIpc) is 3.30. The molecule has 3 N–H and O–H groups in total. The van der Waals surface area contributed by atoms with Crippen molar-refractivity contribution in [3.63, 3.8) is 0 Å². The van der Waals surface area contributed by atoms with Crippen molar-refractivity contribution in [2.75, 3.05) is 26.7 Å². The highest BCUT2D eigenvalue weighted by atomic mass is 16.5. The van der Waals surface area contributed by atoms with Crippen molar-refractivity contribution in [3.8, 4) is 0 Å². The van der Waals surface area contributed by atoms with Crippen molar-refractivity contribution in [2.45, 2.75) is 36.9 Å². The number of carbonyl (C=O) groups is 2. The molecular weight excluding hydrogens is 370 g/mol. The van der Waals surface area contributed by atoms with Crippen LogP contribution in [0.3, 0.4) is 0 Å². The van der Waals surface area contributed by atoms with Crippen LogP contribution in [0.4, 0.5) is 0 Å². The first-order chi connectivity index (χ1) is 13.9. The minimum atomic E-state index is -0.471. The van der Waals surface area contributed by atoms with E-state index in [2.05, 4.69) is 20.9 Å². The summed E-state index contributed by atoms with van der Waals surface area (Å²) < 4.78 is 8.53. The molecule has 1 saturated carbocycles. The number of fused-ring (bicyclic) bond motifs is 1. The lowest BCUT2D eigenvalue weighted by molar-refractivity contribution is -0.140. The lowest BCUT2D eigenvalue weighted by atomic mass is 9.53. The van der Waals surface area contributed by atoms with E-state index < -0.39 is 16.6 Å². The van der Waals surface area contributed by atoms with Gasteiger partial charge < -0.3 is 25.3 Å². The number of hydrogen-bond donors (Lipinski definition) is 3. The molecule has 6 rings (SSSR count). The number of nitrogens with zero attached hydrogens (tertiary/aromatic N) is 2. The molecule has 0 radical (unpaired) electrons. The fourth-order valence-electron chi connectivity index (χ4n) is 5.75. The van der Waals surface area contributed by atoms with Gasteiger partial charge in [-0.1, -0.05) is 0 Å². The van der Waals surface area contributed by atoms with Gasteiger partial charge in [-0.2, -0.15) is 0 Å². The van der Waals surface area contributed by atoms with Crippen molar-refractivity contribution in [1.82, 2.24) is 25.5 Å². The molecule has 8 nitrogen and oxygen atoms in total. The molecule has 2 aromatic rings. The molecule has 4 heterocycles. The first-order valence-electron chi connectivity index (χ1n) is 10.3. The molecule has 4 fully saturated rings. The first kappa shape index (κ1) is 18.6. The van der Waals surface area contributed by atoms with Crippen LogP contribution in [-0.2, 0) is 16.6 Å². The van der Waals surface area contributed by atoms with Crippen LogP contribution in [0.1, 0.15) is 36.0 Å². The third kappa shape index (κ3) is 2.55. The van der Waals surface area contributed by atoms with E-state index in [0.29, 0.717) is 24.9 Å². The molecule has 1 aromatic carbocycles. The number of carbonyl (C=O) groups excluding carboxylic acids is 2. The standard InChI is InChI=1S/C21H27N5O3/c1-22-18(28)20-10-19(11-20,29-21(20)5-7-23-8-6-21)12-24-17(27)14-3-4-16-15(9-14)25-13-26(16)2/h3-4,9,13,23H,5-8,10-12H2,1-2H3,(H,22,28)(H,24,27). The summed E-state index contributed by atoms with van der Waals surface area (Å²) in [7, 11) is 3.62. The maximum Gasteiger partial charge on any atom is 0.251 e. The number of nitrogens with one attached hydrogen (secondary N) is 3. The van der Waals surface area contributed by atoms with Gasteiger partial charge >= 0.3 is 0 Å². The van der Waals surface area contributed by atoms with Gasteiger partial charge in [0.25, 0.3) is 5.91 Å². The molecule has 4 aliphatic rings. The predicted molar refractivity (Wildman–Crippen MR) is 107 cm³/mol. The monoisotopic (exact) mass is 397 g/mol. The van der Waals surface area contributed by atoms with Gasteiger partial charge in [-0.05, 0) is 57.0 Å². The maximum absolute atomic E-state index is 12.8. The van der Waals surface area contributed by atoms with Gasteiger partial charge in [0, 0.05) is 26.2 Å². The largest absolute Gasteiger partial charge is 0.365 e. The Morgan fingerprint density at radius 1 is 1.28 bits per heavy atom. The number of imidazole rings is 1. The first-order valence-corrected chi connectivity index (χ1v) is 10.3. The minimum absolute atomic E-state index is 0.0689. The minimum Gasteiger partial charge on any atom is -0.365 e. The summed E-state index contributed by atoms with van der Waals surface area (Å²) >= 11 is 0. The van der Waals surface area contributed by atoms with Crippen molar-refractivity contribution < 1.29 is 14.3 Å². The van der Waals surface area contributed by atoms with Gasteiger partial charge in [-0.3, -0.25) is 9.59 Å². The summed E-state index contributed by atoms with van der Waals surface area (Å²) in [5, 5.41) is 9.25. The van der Waals surface area contributed by atoms with Crippen LogP contribution >= 0.6 is 0 Å². The molecule has 2 amide bonds. The van der Waals surface area contributed by atoms with E-state index >= 15 is 0 Å². The van der Waals surface area contributed by atoms with Crippen molar-refractivity contribution in [1.29, 1.82) is 0 Å².